The lowest BCUT2D eigenvalue weighted by molar-refractivity contribution is 0.240. The molecule has 1 fully saturated rings. The summed E-state index contributed by atoms with van der Waals surface area (Å²) in [6.45, 7) is 7.00. The number of aromatic amines is 1. The van der Waals surface area contributed by atoms with Crippen LogP contribution in [0.5, 0.6) is 0 Å². The monoisotopic (exact) mass is 415 g/mol. The summed E-state index contributed by atoms with van der Waals surface area (Å²) in [4.78, 5) is 29.3. The minimum atomic E-state index is -0.0153. The van der Waals surface area contributed by atoms with Gasteiger partial charge >= 0.3 is 0 Å². The Morgan fingerprint density at radius 2 is 1.84 bits per heavy atom. The zero-order chi connectivity index (χ0) is 21.2. The van der Waals surface area contributed by atoms with Crippen molar-refractivity contribution >= 4 is 5.69 Å². The molecule has 0 saturated carbocycles. The maximum absolute atomic E-state index is 12.6. The van der Waals surface area contributed by atoms with Gasteiger partial charge < -0.3 is 9.88 Å². The topological polar surface area (TPSA) is 65.1 Å². The van der Waals surface area contributed by atoms with Crippen LogP contribution in [0.4, 0.5) is 5.69 Å². The summed E-state index contributed by atoms with van der Waals surface area (Å²) >= 11 is 0. The van der Waals surface area contributed by atoms with E-state index in [0.29, 0.717) is 12.4 Å². The molecule has 4 heterocycles. The van der Waals surface area contributed by atoms with Crippen LogP contribution >= 0.6 is 0 Å². The number of anilines is 1. The van der Waals surface area contributed by atoms with Crippen molar-refractivity contribution < 1.29 is 0 Å². The third kappa shape index (κ3) is 4.26. The molecular formula is C25H29N5O. The Bertz CT molecular complexity index is 1120. The number of nitrogens with zero attached hydrogens (tertiary/aromatic N) is 4. The van der Waals surface area contributed by atoms with Crippen molar-refractivity contribution in [3.8, 4) is 11.4 Å². The molecule has 2 aliphatic heterocycles. The number of pyridine rings is 1. The third-order valence-corrected chi connectivity index (χ3v) is 6.55. The summed E-state index contributed by atoms with van der Waals surface area (Å²) in [5.41, 5.74) is 6.62. The van der Waals surface area contributed by atoms with Gasteiger partial charge in [-0.05, 0) is 68.0 Å². The van der Waals surface area contributed by atoms with Crippen molar-refractivity contribution in [3.05, 3.63) is 75.5 Å². The van der Waals surface area contributed by atoms with E-state index in [4.69, 9.17) is 4.98 Å². The Hall–Kier alpha value is -2.99. The molecule has 1 saturated heterocycles. The van der Waals surface area contributed by atoms with Crippen LogP contribution < -0.4 is 10.5 Å². The fraction of sp³-hybridized carbons (Fsp3) is 0.400. The molecule has 6 nitrogen and oxygen atoms in total. The zero-order valence-corrected chi connectivity index (χ0v) is 18.1. The van der Waals surface area contributed by atoms with Crippen molar-refractivity contribution in [2.45, 2.75) is 45.7 Å². The largest absolute Gasteiger partial charge is 0.372 e. The molecule has 2 aromatic heterocycles. The summed E-state index contributed by atoms with van der Waals surface area (Å²) in [5, 5.41) is 0. The Morgan fingerprint density at radius 1 is 1.03 bits per heavy atom. The van der Waals surface area contributed by atoms with E-state index in [9.17, 15) is 4.79 Å². The normalized spacial score (nSPS) is 16.9. The first kappa shape index (κ1) is 19.9. The van der Waals surface area contributed by atoms with E-state index in [1.807, 2.05) is 12.1 Å². The molecular weight excluding hydrogens is 386 g/mol. The van der Waals surface area contributed by atoms with E-state index in [2.05, 4.69) is 44.9 Å². The molecule has 0 bridgehead atoms. The number of H-pyrrole nitrogens is 1. The first-order chi connectivity index (χ1) is 15.2. The number of piperidine rings is 1. The second-order valence-corrected chi connectivity index (χ2v) is 8.69. The lowest BCUT2D eigenvalue weighted by Gasteiger charge is -2.30. The molecule has 0 aliphatic carbocycles. The molecule has 160 valence electrons. The van der Waals surface area contributed by atoms with Crippen LogP contribution in [0.15, 0.2) is 47.5 Å². The summed E-state index contributed by atoms with van der Waals surface area (Å²) in [5.74, 6) is 0.620. The standard InChI is InChI=1S/C25H29N5O/c1-18-15-21(30-12-3-2-4-13-30)6-5-20(18)16-29-14-9-22-23(17-29)27-24(28-25(22)31)19-7-10-26-11-8-19/h5-8,10-11,15H,2-4,9,12-14,16-17H2,1H3,(H,27,28,31). The Balaban J connectivity index is 1.34. The summed E-state index contributed by atoms with van der Waals surface area (Å²) < 4.78 is 0. The van der Waals surface area contributed by atoms with Gasteiger partial charge in [-0.15, -0.1) is 0 Å². The zero-order valence-electron chi connectivity index (χ0n) is 18.1. The molecule has 5 rings (SSSR count). The van der Waals surface area contributed by atoms with Gasteiger partial charge in [0.1, 0.15) is 5.82 Å². The predicted molar refractivity (Wildman–Crippen MR) is 123 cm³/mol. The number of rotatable bonds is 4. The minimum Gasteiger partial charge on any atom is -0.372 e. The molecule has 1 aromatic carbocycles. The van der Waals surface area contributed by atoms with Crippen molar-refractivity contribution in [3.63, 3.8) is 0 Å². The molecule has 2 aliphatic rings. The number of nitrogens with one attached hydrogen (secondary N) is 1. The average Bonchev–Trinajstić information content (AvgIpc) is 2.81. The number of fused-ring (bicyclic) bond motifs is 1. The van der Waals surface area contributed by atoms with Gasteiger partial charge in [0.2, 0.25) is 0 Å². The molecule has 31 heavy (non-hydrogen) atoms. The first-order valence-corrected chi connectivity index (χ1v) is 11.3. The molecule has 0 atom stereocenters. The summed E-state index contributed by atoms with van der Waals surface area (Å²) in [7, 11) is 0. The summed E-state index contributed by atoms with van der Waals surface area (Å²) in [6, 6.07) is 10.6. The molecule has 3 aromatic rings. The van der Waals surface area contributed by atoms with Crippen LogP contribution in [-0.4, -0.2) is 39.5 Å². The number of aryl methyl sites for hydroxylation is 1. The quantitative estimate of drug-likeness (QED) is 0.704. The molecule has 0 amide bonds. The van der Waals surface area contributed by atoms with Gasteiger partial charge in [-0.2, -0.15) is 0 Å². The number of benzene rings is 1. The highest BCUT2D eigenvalue weighted by molar-refractivity contribution is 5.54. The highest BCUT2D eigenvalue weighted by atomic mass is 16.1. The average molecular weight is 416 g/mol. The van der Waals surface area contributed by atoms with Crippen LogP contribution in [-0.2, 0) is 19.5 Å². The molecule has 1 N–H and O–H groups in total. The van der Waals surface area contributed by atoms with Crippen LogP contribution in [0.1, 0.15) is 41.6 Å². The predicted octanol–water partition coefficient (Wildman–Crippen LogP) is 3.69. The highest BCUT2D eigenvalue weighted by Crippen LogP contribution is 2.25. The first-order valence-electron chi connectivity index (χ1n) is 11.3. The van der Waals surface area contributed by atoms with E-state index in [-0.39, 0.29) is 5.56 Å². The van der Waals surface area contributed by atoms with Gasteiger partial charge in [-0.25, -0.2) is 4.98 Å². The molecule has 0 unspecified atom stereocenters. The minimum absolute atomic E-state index is 0.0153. The van der Waals surface area contributed by atoms with Gasteiger partial charge in [-0.1, -0.05) is 6.07 Å². The van der Waals surface area contributed by atoms with Crippen molar-refractivity contribution in [1.82, 2.24) is 19.9 Å². The lowest BCUT2D eigenvalue weighted by atomic mass is 10.0. The highest BCUT2D eigenvalue weighted by Gasteiger charge is 2.22. The van der Waals surface area contributed by atoms with Gasteiger partial charge in [0.15, 0.2) is 0 Å². The van der Waals surface area contributed by atoms with Crippen LogP contribution in [0.2, 0.25) is 0 Å². The van der Waals surface area contributed by atoms with E-state index >= 15 is 0 Å². The van der Waals surface area contributed by atoms with Crippen molar-refractivity contribution in [1.29, 1.82) is 0 Å². The number of aromatic nitrogens is 3. The third-order valence-electron chi connectivity index (χ3n) is 6.55. The van der Waals surface area contributed by atoms with E-state index < -0.39 is 0 Å². The Morgan fingerprint density at radius 3 is 2.61 bits per heavy atom. The van der Waals surface area contributed by atoms with E-state index in [1.54, 1.807) is 12.4 Å². The Labute approximate surface area is 183 Å². The maximum Gasteiger partial charge on any atom is 0.254 e. The molecule has 6 heteroatoms. The molecule has 0 radical (unpaired) electrons. The Kier molecular flexibility index (Phi) is 5.55. The van der Waals surface area contributed by atoms with Crippen LogP contribution in [0, 0.1) is 6.92 Å². The van der Waals surface area contributed by atoms with E-state index in [1.165, 1.54) is 49.2 Å². The summed E-state index contributed by atoms with van der Waals surface area (Å²) in [6.07, 6.45) is 8.11. The molecule has 0 spiro atoms. The van der Waals surface area contributed by atoms with E-state index in [0.717, 1.165) is 36.3 Å². The van der Waals surface area contributed by atoms with Crippen LogP contribution in [0.25, 0.3) is 11.4 Å². The fourth-order valence-electron chi connectivity index (χ4n) is 4.72. The second kappa shape index (κ2) is 8.63. The van der Waals surface area contributed by atoms with Crippen molar-refractivity contribution in [2.24, 2.45) is 0 Å². The van der Waals surface area contributed by atoms with Gasteiger partial charge in [0, 0.05) is 61.9 Å². The second-order valence-electron chi connectivity index (χ2n) is 8.69. The number of hydrogen-bond acceptors (Lipinski definition) is 5. The van der Waals surface area contributed by atoms with Gasteiger partial charge in [0.05, 0.1) is 5.69 Å². The smallest absolute Gasteiger partial charge is 0.254 e. The van der Waals surface area contributed by atoms with Gasteiger partial charge in [-0.3, -0.25) is 14.7 Å². The fourth-order valence-corrected chi connectivity index (χ4v) is 4.72. The SMILES string of the molecule is Cc1cc(N2CCCCC2)ccc1CN1CCc2c(nc(-c3ccncc3)[nH]c2=O)C1. The van der Waals surface area contributed by atoms with Gasteiger partial charge in [0.25, 0.3) is 5.56 Å². The maximum atomic E-state index is 12.6. The van der Waals surface area contributed by atoms with Crippen molar-refractivity contribution in [2.75, 3.05) is 24.5 Å². The lowest BCUT2D eigenvalue weighted by Crippen LogP contribution is -2.35. The number of hydrogen-bond donors (Lipinski definition) is 1. The van der Waals surface area contributed by atoms with Crippen LogP contribution in [0.3, 0.4) is 0 Å².